The second-order valence-corrected chi connectivity index (χ2v) is 6.14. The van der Waals surface area contributed by atoms with Gasteiger partial charge in [-0.1, -0.05) is 48.5 Å². The van der Waals surface area contributed by atoms with E-state index < -0.39 is 0 Å². The molecule has 0 N–H and O–H groups in total. The molecule has 0 bridgehead atoms. The van der Waals surface area contributed by atoms with E-state index in [1.54, 1.807) is 11.8 Å². The minimum Gasteiger partial charge on any atom is -0.248 e. The van der Waals surface area contributed by atoms with Crippen LogP contribution in [0, 0.1) is 0 Å². The number of pyridine rings is 1. The van der Waals surface area contributed by atoms with Gasteiger partial charge >= 0.3 is 0 Å². The number of hydrogen-bond acceptors (Lipinski definition) is 2. The standard InChI is InChI=1S/C20H15NS/c1-22-20-13-16-8-3-2-7-15(16)12-17(20)19-11-10-14-6-4-5-9-18(14)21-19/h2-13H,1H3. The molecule has 1 heterocycles. The van der Waals surface area contributed by atoms with Crippen LogP contribution in [0.5, 0.6) is 0 Å². The van der Waals surface area contributed by atoms with Crippen molar-refractivity contribution in [2.24, 2.45) is 0 Å². The summed E-state index contributed by atoms with van der Waals surface area (Å²) in [6.45, 7) is 0. The molecule has 4 rings (SSSR count). The molecule has 4 aromatic rings. The molecule has 0 saturated heterocycles. The van der Waals surface area contributed by atoms with Gasteiger partial charge in [0.2, 0.25) is 0 Å². The predicted octanol–water partition coefficient (Wildman–Crippen LogP) is 5.78. The number of aromatic nitrogens is 1. The summed E-state index contributed by atoms with van der Waals surface area (Å²) in [4.78, 5) is 6.11. The number of thioether (sulfide) groups is 1. The van der Waals surface area contributed by atoms with Crippen molar-refractivity contribution in [1.82, 2.24) is 4.98 Å². The SMILES string of the molecule is CSc1cc2ccccc2cc1-c1ccc2ccccc2n1. The molecule has 0 saturated carbocycles. The predicted molar refractivity (Wildman–Crippen MR) is 96.5 cm³/mol. The molecule has 0 amide bonds. The minimum absolute atomic E-state index is 1.04. The summed E-state index contributed by atoms with van der Waals surface area (Å²) in [5, 5.41) is 3.71. The molecule has 0 aliphatic rings. The molecule has 1 aromatic heterocycles. The first-order valence-corrected chi connectivity index (χ1v) is 8.50. The highest BCUT2D eigenvalue weighted by atomic mass is 32.2. The van der Waals surface area contributed by atoms with E-state index in [1.807, 2.05) is 12.1 Å². The lowest BCUT2D eigenvalue weighted by Gasteiger charge is -2.10. The molecule has 106 valence electrons. The Morgan fingerprint density at radius 3 is 2.18 bits per heavy atom. The van der Waals surface area contributed by atoms with Crippen molar-refractivity contribution < 1.29 is 0 Å². The zero-order valence-corrected chi connectivity index (χ0v) is 13.1. The van der Waals surface area contributed by atoms with Crippen LogP contribution < -0.4 is 0 Å². The van der Waals surface area contributed by atoms with E-state index in [9.17, 15) is 0 Å². The maximum absolute atomic E-state index is 4.85. The van der Waals surface area contributed by atoms with Crippen molar-refractivity contribution in [3.8, 4) is 11.3 Å². The van der Waals surface area contributed by atoms with Crippen LogP contribution in [-0.2, 0) is 0 Å². The lowest BCUT2D eigenvalue weighted by molar-refractivity contribution is 1.36. The first-order valence-electron chi connectivity index (χ1n) is 7.28. The number of hydrogen-bond donors (Lipinski definition) is 0. The first-order chi connectivity index (χ1) is 10.8. The summed E-state index contributed by atoms with van der Waals surface area (Å²) in [5.74, 6) is 0. The van der Waals surface area contributed by atoms with Crippen LogP contribution in [0.4, 0.5) is 0 Å². The summed E-state index contributed by atoms with van der Waals surface area (Å²) in [6.07, 6.45) is 2.12. The van der Waals surface area contributed by atoms with Crippen LogP contribution in [-0.4, -0.2) is 11.2 Å². The van der Waals surface area contributed by atoms with E-state index in [4.69, 9.17) is 4.98 Å². The van der Waals surface area contributed by atoms with E-state index >= 15 is 0 Å². The van der Waals surface area contributed by atoms with Crippen LogP contribution in [0.2, 0.25) is 0 Å². The van der Waals surface area contributed by atoms with Crippen molar-refractivity contribution in [2.45, 2.75) is 4.90 Å². The van der Waals surface area contributed by atoms with Crippen LogP contribution >= 0.6 is 11.8 Å². The zero-order valence-electron chi connectivity index (χ0n) is 12.3. The fourth-order valence-electron chi connectivity index (χ4n) is 2.80. The van der Waals surface area contributed by atoms with Crippen LogP contribution in [0.25, 0.3) is 32.9 Å². The van der Waals surface area contributed by atoms with Gasteiger partial charge in [0.05, 0.1) is 11.2 Å². The third-order valence-electron chi connectivity index (χ3n) is 3.94. The average molecular weight is 301 g/mol. The molecule has 0 fully saturated rings. The molecule has 0 atom stereocenters. The summed E-state index contributed by atoms with van der Waals surface area (Å²) < 4.78 is 0. The Kier molecular flexibility index (Phi) is 3.32. The molecular formula is C20H15NS. The van der Waals surface area contributed by atoms with E-state index in [2.05, 4.69) is 66.9 Å². The van der Waals surface area contributed by atoms with E-state index in [0.717, 1.165) is 11.2 Å². The molecule has 0 unspecified atom stereocenters. The van der Waals surface area contributed by atoms with Gasteiger partial charge in [0, 0.05) is 15.8 Å². The van der Waals surface area contributed by atoms with Gasteiger partial charge in [-0.2, -0.15) is 0 Å². The van der Waals surface area contributed by atoms with Crippen LogP contribution in [0.15, 0.2) is 77.7 Å². The van der Waals surface area contributed by atoms with Gasteiger partial charge in [0.25, 0.3) is 0 Å². The van der Waals surface area contributed by atoms with Crippen molar-refractivity contribution in [3.63, 3.8) is 0 Å². The Labute approximate surface area is 134 Å². The second-order valence-electron chi connectivity index (χ2n) is 5.29. The smallest absolute Gasteiger partial charge is 0.0721 e. The normalized spacial score (nSPS) is 11.1. The monoisotopic (exact) mass is 301 g/mol. The fraction of sp³-hybridized carbons (Fsp3) is 0.0500. The first kappa shape index (κ1) is 13.4. The third-order valence-corrected chi connectivity index (χ3v) is 4.72. The van der Waals surface area contributed by atoms with Gasteiger partial charge in [-0.3, -0.25) is 0 Å². The maximum Gasteiger partial charge on any atom is 0.0721 e. The average Bonchev–Trinajstić information content (AvgIpc) is 2.60. The zero-order chi connectivity index (χ0) is 14.9. The van der Waals surface area contributed by atoms with E-state index in [-0.39, 0.29) is 0 Å². The highest BCUT2D eigenvalue weighted by Gasteiger charge is 2.08. The van der Waals surface area contributed by atoms with Gasteiger partial charge in [0.1, 0.15) is 0 Å². The molecule has 0 aliphatic heterocycles. The lowest BCUT2D eigenvalue weighted by Crippen LogP contribution is -1.88. The molecule has 1 nitrogen and oxygen atoms in total. The van der Waals surface area contributed by atoms with Crippen LogP contribution in [0.1, 0.15) is 0 Å². The number of para-hydroxylation sites is 1. The highest BCUT2D eigenvalue weighted by Crippen LogP contribution is 2.33. The number of fused-ring (bicyclic) bond motifs is 2. The van der Waals surface area contributed by atoms with Crippen molar-refractivity contribution in [1.29, 1.82) is 0 Å². The quantitative estimate of drug-likeness (QED) is 0.435. The molecule has 3 aromatic carbocycles. The lowest BCUT2D eigenvalue weighted by atomic mass is 10.0. The van der Waals surface area contributed by atoms with Crippen molar-refractivity contribution in [2.75, 3.05) is 6.26 Å². The Bertz CT molecular complexity index is 975. The second kappa shape index (κ2) is 5.47. The number of rotatable bonds is 2. The summed E-state index contributed by atoms with van der Waals surface area (Å²) >= 11 is 1.77. The van der Waals surface area contributed by atoms with Gasteiger partial charge in [-0.05, 0) is 41.3 Å². The number of benzene rings is 3. The highest BCUT2D eigenvalue weighted by molar-refractivity contribution is 7.98. The Balaban J connectivity index is 1.97. The Hall–Kier alpha value is -2.32. The summed E-state index contributed by atoms with van der Waals surface area (Å²) in [6, 6.07) is 25.5. The number of nitrogens with zero attached hydrogens (tertiary/aromatic N) is 1. The van der Waals surface area contributed by atoms with Gasteiger partial charge in [0.15, 0.2) is 0 Å². The minimum atomic E-state index is 1.04. The van der Waals surface area contributed by atoms with E-state index in [1.165, 1.54) is 26.6 Å². The van der Waals surface area contributed by atoms with Gasteiger partial charge < -0.3 is 0 Å². The molecular weight excluding hydrogens is 286 g/mol. The van der Waals surface area contributed by atoms with Crippen molar-refractivity contribution in [3.05, 3.63) is 72.8 Å². The third kappa shape index (κ3) is 2.26. The maximum atomic E-state index is 4.85. The molecule has 0 aliphatic carbocycles. The van der Waals surface area contributed by atoms with Crippen molar-refractivity contribution >= 4 is 33.4 Å². The van der Waals surface area contributed by atoms with Crippen LogP contribution in [0.3, 0.4) is 0 Å². The largest absolute Gasteiger partial charge is 0.248 e. The topological polar surface area (TPSA) is 12.9 Å². The van der Waals surface area contributed by atoms with Gasteiger partial charge in [-0.15, -0.1) is 11.8 Å². The van der Waals surface area contributed by atoms with Gasteiger partial charge in [-0.25, -0.2) is 4.98 Å². The summed E-state index contributed by atoms with van der Waals surface area (Å²) in [5.41, 5.74) is 3.28. The van der Waals surface area contributed by atoms with E-state index in [0.29, 0.717) is 0 Å². The Morgan fingerprint density at radius 2 is 1.41 bits per heavy atom. The fourth-order valence-corrected chi connectivity index (χ4v) is 3.43. The molecule has 0 spiro atoms. The molecule has 0 radical (unpaired) electrons. The molecule has 22 heavy (non-hydrogen) atoms. The Morgan fingerprint density at radius 1 is 0.727 bits per heavy atom. The summed E-state index contributed by atoms with van der Waals surface area (Å²) in [7, 11) is 0. The molecule has 2 heteroatoms.